The van der Waals surface area contributed by atoms with Gasteiger partial charge in [-0.25, -0.2) is 0 Å². The second kappa shape index (κ2) is 5.64. The summed E-state index contributed by atoms with van der Waals surface area (Å²) in [6.45, 7) is 8.01. The van der Waals surface area contributed by atoms with Crippen molar-refractivity contribution in [3.8, 4) is 0 Å². The molecule has 0 aliphatic carbocycles. The summed E-state index contributed by atoms with van der Waals surface area (Å²) >= 11 is 0. The third-order valence-electron chi connectivity index (χ3n) is 3.01. The average Bonchev–Trinajstić information content (AvgIpc) is 2.25. The lowest BCUT2D eigenvalue weighted by atomic mass is 9.91. The van der Waals surface area contributed by atoms with Gasteiger partial charge in [0.15, 0.2) is 0 Å². The van der Waals surface area contributed by atoms with E-state index in [0.717, 1.165) is 25.9 Å². The van der Waals surface area contributed by atoms with Crippen LogP contribution in [0.25, 0.3) is 0 Å². The van der Waals surface area contributed by atoms with Crippen molar-refractivity contribution in [3.63, 3.8) is 0 Å². The van der Waals surface area contributed by atoms with Gasteiger partial charge in [-0.15, -0.1) is 0 Å². The Hall–Kier alpha value is -0.610. The van der Waals surface area contributed by atoms with Crippen molar-refractivity contribution in [1.29, 1.82) is 0 Å². The Balaban J connectivity index is 2.50. The molecule has 1 unspecified atom stereocenters. The van der Waals surface area contributed by atoms with Crippen molar-refractivity contribution in [2.24, 2.45) is 17.1 Å². The summed E-state index contributed by atoms with van der Waals surface area (Å²) in [6, 6.07) is 0. The Morgan fingerprint density at radius 2 is 2.00 bits per heavy atom. The van der Waals surface area contributed by atoms with E-state index < -0.39 is 5.41 Å². The predicted octanol–water partition coefficient (Wildman–Crippen LogP) is 0.903. The molecule has 0 spiro atoms. The summed E-state index contributed by atoms with van der Waals surface area (Å²) in [5, 5.41) is 3.30. The van der Waals surface area contributed by atoms with Crippen LogP contribution in [0.15, 0.2) is 0 Å². The van der Waals surface area contributed by atoms with E-state index in [0.29, 0.717) is 12.5 Å². The smallest absolute Gasteiger partial charge is 0.311 e. The fourth-order valence-electron chi connectivity index (χ4n) is 1.87. The van der Waals surface area contributed by atoms with Crippen LogP contribution in [0.5, 0.6) is 0 Å². The van der Waals surface area contributed by atoms with Crippen molar-refractivity contribution < 1.29 is 9.53 Å². The van der Waals surface area contributed by atoms with Gasteiger partial charge in [0.1, 0.15) is 6.10 Å². The number of carbonyl (C=O) groups is 1. The maximum atomic E-state index is 11.8. The van der Waals surface area contributed by atoms with Crippen LogP contribution >= 0.6 is 0 Å². The quantitative estimate of drug-likeness (QED) is 0.705. The van der Waals surface area contributed by atoms with Crippen LogP contribution in [0.4, 0.5) is 0 Å². The second-order valence-corrected chi connectivity index (χ2v) is 5.52. The van der Waals surface area contributed by atoms with Crippen molar-refractivity contribution in [2.45, 2.75) is 39.7 Å². The first-order chi connectivity index (χ1) is 7.45. The zero-order valence-electron chi connectivity index (χ0n) is 10.6. The highest BCUT2D eigenvalue weighted by Gasteiger charge is 2.30. The summed E-state index contributed by atoms with van der Waals surface area (Å²) in [4.78, 5) is 11.8. The predicted molar refractivity (Wildman–Crippen MR) is 64.0 cm³/mol. The number of hydrogen-bond donors (Lipinski definition) is 2. The topological polar surface area (TPSA) is 64.3 Å². The van der Waals surface area contributed by atoms with E-state index in [4.69, 9.17) is 10.5 Å². The lowest BCUT2D eigenvalue weighted by Crippen LogP contribution is -2.42. The number of esters is 1. The minimum Gasteiger partial charge on any atom is -0.460 e. The van der Waals surface area contributed by atoms with Crippen LogP contribution in [0.1, 0.15) is 33.6 Å². The van der Waals surface area contributed by atoms with E-state index in [2.05, 4.69) is 5.32 Å². The van der Waals surface area contributed by atoms with Gasteiger partial charge in [0.2, 0.25) is 0 Å². The summed E-state index contributed by atoms with van der Waals surface area (Å²) in [6.07, 6.45) is 1.97. The zero-order chi connectivity index (χ0) is 12.2. The molecule has 0 aromatic carbocycles. The molecule has 0 aromatic heterocycles. The molecule has 3 N–H and O–H groups in total. The average molecular weight is 228 g/mol. The molecule has 4 heteroatoms. The number of nitrogens with two attached hydrogens (primary N) is 1. The van der Waals surface area contributed by atoms with Crippen LogP contribution in [0, 0.1) is 11.3 Å². The number of piperidine rings is 1. The number of ether oxygens (including phenoxy) is 1. The largest absolute Gasteiger partial charge is 0.460 e. The molecule has 1 aliphatic heterocycles. The molecule has 0 amide bonds. The third kappa shape index (κ3) is 3.76. The van der Waals surface area contributed by atoms with Crippen LogP contribution in [-0.2, 0) is 9.53 Å². The number of rotatable bonds is 3. The molecular formula is C12H24N2O2. The summed E-state index contributed by atoms with van der Waals surface area (Å²) < 4.78 is 5.51. The standard InChI is InChI=1S/C12H24N2O2/c1-12(2,3)11(15)16-10(8-13)9-4-6-14-7-5-9/h9-10,14H,4-8,13H2,1-3H3. The van der Waals surface area contributed by atoms with Crippen LogP contribution in [0.3, 0.4) is 0 Å². The maximum absolute atomic E-state index is 11.8. The lowest BCUT2D eigenvalue weighted by Gasteiger charge is -2.31. The van der Waals surface area contributed by atoms with Gasteiger partial charge in [0.05, 0.1) is 5.41 Å². The normalized spacial score (nSPS) is 20.5. The van der Waals surface area contributed by atoms with E-state index in [-0.39, 0.29) is 12.1 Å². The van der Waals surface area contributed by atoms with Crippen molar-refractivity contribution in [1.82, 2.24) is 5.32 Å². The highest BCUT2D eigenvalue weighted by molar-refractivity contribution is 5.75. The number of hydrogen-bond acceptors (Lipinski definition) is 4. The fourth-order valence-corrected chi connectivity index (χ4v) is 1.87. The Morgan fingerprint density at radius 3 is 2.44 bits per heavy atom. The first kappa shape index (κ1) is 13.5. The Bertz CT molecular complexity index is 230. The molecule has 1 atom stereocenters. The molecule has 1 heterocycles. The summed E-state index contributed by atoms with van der Waals surface area (Å²) in [7, 11) is 0. The van der Waals surface area contributed by atoms with E-state index in [9.17, 15) is 4.79 Å². The summed E-state index contributed by atoms with van der Waals surface area (Å²) in [5.41, 5.74) is 5.25. The van der Waals surface area contributed by atoms with Crippen molar-refractivity contribution in [3.05, 3.63) is 0 Å². The molecule has 4 nitrogen and oxygen atoms in total. The first-order valence-corrected chi connectivity index (χ1v) is 6.07. The Kier molecular flexibility index (Phi) is 4.74. The number of nitrogens with one attached hydrogen (secondary N) is 1. The molecule has 1 aliphatic rings. The molecular weight excluding hydrogens is 204 g/mol. The molecule has 0 radical (unpaired) electrons. The minimum atomic E-state index is -0.444. The van der Waals surface area contributed by atoms with Crippen LogP contribution in [0.2, 0.25) is 0 Å². The van der Waals surface area contributed by atoms with Gasteiger partial charge in [0, 0.05) is 6.54 Å². The fraction of sp³-hybridized carbons (Fsp3) is 0.917. The maximum Gasteiger partial charge on any atom is 0.311 e. The van der Waals surface area contributed by atoms with E-state index >= 15 is 0 Å². The van der Waals surface area contributed by atoms with Crippen LogP contribution < -0.4 is 11.1 Å². The third-order valence-corrected chi connectivity index (χ3v) is 3.01. The Morgan fingerprint density at radius 1 is 1.44 bits per heavy atom. The number of carbonyl (C=O) groups excluding carboxylic acids is 1. The van der Waals surface area contributed by atoms with Gasteiger partial charge in [-0.1, -0.05) is 0 Å². The minimum absolute atomic E-state index is 0.117. The van der Waals surface area contributed by atoms with Gasteiger partial charge in [0.25, 0.3) is 0 Å². The molecule has 16 heavy (non-hydrogen) atoms. The van der Waals surface area contributed by atoms with Gasteiger partial charge < -0.3 is 15.8 Å². The second-order valence-electron chi connectivity index (χ2n) is 5.52. The van der Waals surface area contributed by atoms with Gasteiger partial charge in [-0.3, -0.25) is 4.79 Å². The molecule has 0 bridgehead atoms. The van der Waals surface area contributed by atoms with Crippen LogP contribution in [-0.4, -0.2) is 31.7 Å². The highest BCUT2D eigenvalue weighted by atomic mass is 16.5. The van der Waals surface area contributed by atoms with Crippen molar-refractivity contribution in [2.75, 3.05) is 19.6 Å². The van der Waals surface area contributed by atoms with E-state index in [1.54, 1.807) is 0 Å². The molecule has 1 rings (SSSR count). The first-order valence-electron chi connectivity index (χ1n) is 6.07. The zero-order valence-corrected chi connectivity index (χ0v) is 10.6. The monoisotopic (exact) mass is 228 g/mol. The van der Waals surface area contributed by atoms with Gasteiger partial charge in [-0.2, -0.15) is 0 Å². The molecule has 0 saturated carbocycles. The molecule has 1 fully saturated rings. The van der Waals surface area contributed by atoms with Gasteiger partial charge in [-0.05, 0) is 52.6 Å². The lowest BCUT2D eigenvalue weighted by molar-refractivity contribution is -0.161. The molecule has 1 saturated heterocycles. The van der Waals surface area contributed by atoms with Gasteiger partial charge >= 0.3 is 5.97 Å². The van der Waals surface area contributed by atoms with E-state index in [1.165, 1.54) is 0 Å². The SMILES string of the molecule is CC(C)(C)C(=O)OC(CN)C1CCNCC1. The van der Waals surface area contributed by atoms with Crippen molar-refractivity contribution >= 4 is 5.97 Å². The Labute approximate surface area is 97.9 Å². The molecule has 0 aromatic rings. The molecule has 94 valence electrons. The highest BCUT2D eigenvalue weighted by Crippen LogP contribution is 2.22. The summed E-state index contributed by atoms with van der Waals surface area (Å²) in [5.74, 6) is 0.263. The van der Waals surface area contributed by atoms with E-state index in [1.807, 2.05) is 20.8 Å².